The molecule has 1 saturated heterocycles. The van der Waals surface area contributed by atoms with Crippen LogP contribution in [0.1, 0.15) is 35.5 Å². The highest BCUT2D eigenvalue weighted by Gasteiger charge is 2.27. The van der Waals surface area contributed by atoms with Gasteiger partial charge >= 0.3 is 0 Å². The molecule has 152 valence electrons. The molecular formula is C20H24N6O2S. The van der Waals surface area contributed by atoms with Crippen molar-refractivity contribution in [1.82, 2.24) is 24.5 Å². The molecule has 1 aliphatic rings. The van der Waals surface area contributed by atoms with Crippen LogP contribution in [0.4, 0.5) is 11.6 Å². The van der Waals surface area contributed by atoms with E-state index in [2.05, 4.69) is 25.5 Å². The highest BCUT2D eigenvalue weighted by molar-refractivity contribution is 7.89. The molecule has 0 bridgehead atoms. The number of rotatable bonds is 6. The second-order valence-corrected chi connectivity index (χ2v) is 9.18. The first-order valence-corrected chi connectivity index (χ1v) is 11.1. The van der Waals surface area contributed by atoms with Gasteiger partial charge in [0, 0.05) is 37.0 Å². The molecule has 0 spiro atoms. The van der Waals surface area contributed by atoms with Gasteiger partial charge in [0.05, 0.1) is 4.90 Å². The quantitative estimate of drug-likeness (QED) is 0.645. The summed E-state index contributed by atoms with van der Waals surface area (Å²) in [5.74, 6) is 1.98. The number of aryl methyl sites for hydroxylation is 1. The molecule has 0 unspecified atom stereocenters. The third-order valence-corrected chi connectivity index (χ3v) is 7.06. The van der Waals surface area contributed by atoms with Crippen LogP contribution in [-0.2, 0) is 16.4 Å². The zero-order valence-corrected chi connectivity index (χ0v) is 17.3. The Hall–Kier alpha value is -2.78. The fourth-order valence-electron chi connectivity index (χ4n) is 3.36. The van der Waals surface area contributed by atoms with Crippen molar-refractivity contribution in [3.63, 3.8) is 0 Å². The smallest absolute Gasteiger partial charge is 0.243 e. The van der Waals surface area contributed by atoms with Gasteiger partial charge in [-0.05, 0) is 50.5 Å². The van der Waals surface area contributed by atoms with Crippen LogP contribution in [0.3, 0.4) is 0 Å². The van der Waals surface area contributed by atoms with Crippen molar-refractivity contribution in [2.45, 2.75) is 38.0 Å². The van der Waals surface area contributed by atoms with Crippen molar-refractivity contribution in [2.24, 2.45) is 0 Å². The number of nitrogens with one attached hydrogen (secondary N) is 2. The second-order valence-electron chi connectivity index (χ2n) is 7.24. The average Bonchev–Trinajstić information content (AvgIpc) is 3.36. The van der Waals surface area contributed by atoms with E-state index in [1.807, 2.05) is 19.9 Å². The van der Waals surface area contributed by atoms with Crippen molar-refractivity contribution in [2.75, 3.05) is 18.4 Å². The molecule has 4 rings (SSSR count). The predicted octanol–water partition coefficient (Wildman–Crippen LogP) is 2.94. The minimum absolute atomic E-state index is 0.328. The number of hydrogen-bond donors (Lipinski definition) is 2. The van der Waals surface area contributed by atoms with Crippen LogP contribution in [0.5, 0.6) is 0 Å². The average molecular weight is 413 g/mol. The van der Waals surface area contributed by atoms with Crippen LogP contribution in [0.2, 0.25) is 0 Å². The number of H-pyrrole nitrogens is 1. The number of sulfonamides is 1. The molecule has 0 aliphatic carbocycles. The van der Waals surface area contributed by atoms with Gasteiger partial charge in [-0.1, -0.05) is 12.1 Å². The van der Waals surface area contributed by atoms with Gasteiger partial charge in [0.2, 0.25) is 10.0 Å². The summed E-state index contributed by atoms with van der Waals surface area (Å²) in [7, 11) is -3.44. The monoisotopic (exact) mass is 412 g/mol. The van der Waals surface area contributed by atoms with E-state index in [9.17, 15) is 8.42 Å². The molecule has 0 amide bonds. The lowest BCUT2D eigenvalue weighted by atomic mass is 10.1. The first-order chi connectivity index (χ1) is 13.9. The van der Waals surface area contributed by atoms with Gasteiger partial charge in [0.25, 0.3) is 0 Å². The van der Waals surface area contributed by atoms with Gasteiger partial charge in [0.1, 0.15) is 11.6 Å². The molecule has 3 aromatic rings. The molecule has 0 radical (unpaired) electrons. The molecule has 2 aromatic heterocycles. The maximum Gasteiger partial charge on any atom is 0.243 e. The van der Waals surface area contributed by atoms with Crippen molar-refractivity contribution in [3.05, 3.63) is 59.2 Å². The number of nitrogens with zero attached hydrogens (tertiary/aromatic N) is 4. The van der Waals surface area contributed by atoms with E-state index in [0.29, 0.717) is 36.0 Å². The van der Waals surface area contributed by atoms with E-state index in [-0.39, 0.29) is 0 Å². The van der Waals surface area contributed by atoms with Crippen LogP contribution in [-0.4, -0.2) is 46.0 Å². The number of hydrogen-bond acceptors (Lipinski definition) is 6. The maximum absolute atomic E-state index is 12.8. The first kappa shape index (κ1) is 19.5. The fraction of sp³-hybridized carbons (Fsp3) is 0.350. The molecule has 9 heteroatoms. The minimum Gasteiger partial charge on any atom is -0.323 e. The SMILES string of the molecule is Cc1[nH]nc(Nc2ccnc(Cc3cccc(S(=O)(=O)N4CCCC4)c3)n2)c1C. The largest absolute Gasteiger partial charge is 0.323 e. The standard InChI is InChI=1S/C20H24N6O2S/c1-14-15(2)24-25-20(14)23-18-8-9-21-19(22-18)13-16-6-5-7-17(12-16)29(27,28)26-10-3-4-11-26/h5-9,12H,3-4,10-11,13H2,1-2H3,(H2,21,22,23,24,25). The van der Waals surface area contributed by atoms with Crippen molar-refractivity contribution < 1.29 is 8.42 Å². The Morgan fingerprint density at radius 2 is 1.97 bits per heavy atom. The highest BCUT2D eigenvalue weighted by atomic mass is 32.2. The molecule has 29 heavy (non-hydrogen) atoms. The van der Waals surface area contributed by atoms with Gasteiger partial charge in [0.15, 0.2) is 5.82 Å². The molecule has 0 atom stereocenters. The lowest BCUT2D eigenvalue weighted by Gasteiger charge is -2.16. The Morgan fingerprint density at radius 3 is 2.69 bits per heavy atom. The van der Waals surface area contributed by atoms with Gasteiger partial charge in [-0.15, -0.1) is 0 Å². The lowest BCUT2D eigenvalue weighted by molar-refractivity contribution is 0.477. The zero-order chi connectivity index (χ0) is 20.4. The molecule has 1 aliphatic heterocycles. The van der Waals surface area contributed by atoms with Crippen LogP contribution < -0.4 is 5.32 Å². The summed E-state index contributed by atoms with van der Waals surface area (Å²) in [4.78, 5) is 9.21. The van der Waals surface area contributed by atoms with E-state index in [4.69, 9.17) is 0 Å². The van der Waals surface area contributed by atoms with Crippen LogP contribution in [0, 0.1) is 13.8 Å². The Labute approximate surface area is 170 Å². The van der Waals surface area contributed by atoms with E-state index >= 15 is 0 Å². The zero-order valence-electron chi connectivity index (χ0n) is 16.5. The maximum atomic E-state index is 12.8. The molecule has 1 fully saturated rings. The summed E-state index contributed by atoms with van der Waals surface area (Å²) in [6.07, 6.45) is 3.96. The van der Waals surface area contributed by atoms with E-state index in [0.717, 1.165) is 35.5 Å². The summed E-state index contributed by atoms with van der Waals surface area (Å²) in [6, 6.07) is 8.82. The summed E-state index contributed by atoms with van der Waals surface area (Å²) in [5.41, 5.74) is 2.89. The number of aromatic nitrogens is 4. The molecule has 2 N–H and O–H groups in total. The topological polar surface area (TPSA) is 104 Å². The summed E-state index contributed by atoms with van der Waals surface area (Å²) in [6.45, 7) is 5.13. The van der Waals surface area contributed by atoms with Gasteiger partial charge in [-0.25, -0.2) is 18.4 Å². The Kier molecular flexibility index (Phi) is 5.33. The summed E-state index contributed by atoms with van der Waals surface area (Å²) >= 11 is 0. The van der Waals surface area contributed by atoms with E-state index < -0.39 is 10.0 Å². The highest BCUT2D eigenvalue weighted by Crippen LogP contribution is 2.23. The third kappa shape index (κ3) is 4.15. The van der Waals surface area contributed by atoms with Crippen LogP contribution in [0.25, 0.3) is 0 Å². The van der Waals surface area contributed by atoms with Crippen LogP contribution in [0.15, 0.2) is 41.4 Å². The normalized spacial score (nSPS) is 15.0. The fourth-order valence-corrected chi connectivity index (χ4v) is 4.95. The Bertz CT molecular complexity index is 1120. The first-order valence-electron chi connectivity index (χ1n) is 9.63. The number of benzene rings is 1. The molecule has 1 aromatic carbocycles. The molecule has 0 saturated carbocycles. The molecular weight excluding hydrogens is 388 g/mol. The Morgan fingerprint density at radius 1 is 1.17 bits per heavy atom. The number of aromatic amines is 1. The molecule has 8 nitrogen and oxygen atoms in total. The lowest BCUT2D eigenvalue weighted by Crippen LogP contribution is -2.27. The second kappa shape index (κ2) is 7.92. The predicted molar refractivity (Wildman–Crippen MR) is 111 cm³/mol. The van der Waals surface area contributed by atoms with Crippen molar-refractivity contribution in [1.29, 1.82) is 0 Å². The number of anilines is 2. The molecule has 3 heterocycles. The van der Waals surface area contributed by atoms with Crippen molar-refractivity contribution in [3.8, 4) is 0 Å². The van der Waals surface area contributed by atoms with Gasteiger partial charge < -0.3 is 5.32 Å². The van der Waals surface area contributed by atoms with E-state index in [1.54, 1.807) is 34.8 Å². The van der Waals surface area contributed by atoms with Gasteiger partial charge in [-0.2, -0.15) is 9.40 Å². The van der Waals surface area contributed by atoms with Crippen LogP contribution >= 0.6 is 0 Å². The summed E-state index contributed by atoms with van der Waals surface area (Å²) in [5, 5.41) is 10.4. The van der Waals surface area contributed by atoms with Crippen molar-refractivity contribution >= 4 is 21.7 Å². The van der Waals surface area contributed by atoms with E-state index in [1.165, 1.54) is 0 Å². The third-order valence-electron chi connectivity index (χ3n) is 5.17. The minimum atomic E-state index is -3.44. The van der Waals surface area contributed by atoms with Gasteiger partial charge in [-0.3, -0.25) is 5.10 Å². The Balaban J connectivity index is 1.53. The summed E-state index contributed by atoms with van der Waals surface area (Å²) < 4.78 is 27.2.